The van der Waals surface area contributed by atoms with Gasteiger partial charge >= 0.3 is 0 Å². The van der Waals surface area contributed by atoms with E-state index in [0.717, 1.165) is 5.56 Å². The molecule has 2 aromatic rings. The summed E-state index contributed by atoms with van der Waals surface area (Å²) in [7, 11) is 1.54. The zero-order valence-electron chi connectivity index (χ0n) is 13.7. The largest absolute Gasteiger partial charge is 0.495 e. The molecule has 0 spiro atoms. The van der Waals surface area contributed by atoms with Gasteiger partial charge in [-0.3, -0.25) is 4.79 Å². The Hall–Kier alpha value is -2.27. The summed E-state index contributed by atoms with van der Waals surface area (Å²) in [5.41, 5.74) is 7.80. The lowest BCUT2D eigenvalue weighted by Crippen LogP contribution is -2.16. The van der Waals surface area contributed by atoms with Gasteiger partial charge in [-0.2, -0.15) is 0 Å². The molecule has 4 nitrogen and oxygen atoms in total. The second kappa shape index (κ2) is 9.13. The minimum atomic E-state index is -0.257. The van der Waals surface area contributed by atoms with Gasteiger partial charge in [0.1, 0.15) is 11.6 Å². The van der Waals surface area contributed by atoms with E-state index >= 15 is 0 Å². The van der Waals surface area contributed by atoms with Gasteiger partial charge in [0, 0.05) is 12.1 Å². The zero-order valence-corrected chi connectivity index (χ0v) is 14.5. The third-order valence-corrected chi connectivity index (χ3v) is 3.52. The number of amides is 1. The molecule has 0 bridgehead atoms. The summed E-state index contributed by atoms with van der Waals surface area (Å²) in [6, 6.07) is 11.6. The van der Waals surface area contributed by atoms with Crippen molar-refractivity contribution in [3.63, 3.8) is 0 Å². The number of rotatable bonds is 6. The molecule has 6 heteroatoms. The van der Waals surface area contributed by atoms with Crippen molar-refractivity contribution >= 4 is 29.7 Å². The molecule has 1 unspecified atom stereocenters. The Morgan fingerprint density at radius 1 is 1.29 bits per heavy atom. The van der Waals surface area contributed by atoms with Crippen molar-refractivity contribution in [3.8, 4) is 5.75 Å². The summed E-state index contributed by atoms with van der Waals surface area (Å²) in [4.78, 5) is 12.1. The quantitative estimate of drug-likeness (QED) is 0.771. The summed E-state index contributed by atoms with van der Waals surface area (Å²) in [6.45, 7) is 1.97. The minimum absolute atomic E-state index is 0. The Morgan fingerprint density at radius 2 is 2.04 bits per heavy atom. The molecule has 0 heterocycles. The van der Waals surface area contributed by atoms with E-state index in [0.29, 0.717) is 30.0 Å². The molecular formula is C18H22ClFN2O2. The number of nitrogens with two attached hydrogens (primary N) is 1. The second-order valence-corrected chi connectivity index (χ2v) is 5.65. The molecule has 1 amide bonds. The fourth-order valence-electron chi connectivity index (χ4n) is 2.48. The topological polar surface area (TPSA) is 64.3 Å². The lowest BCUT2D eigenvalue weighted by Gasteiger charge is -2.13. The van der Waals surface area contributed by atoms with E-state index in [9.17, 15) is 9.18 Å². The highest BCUT2D eigenvalue weighted by Crippen LogP contribution is 2.25. The minimum Gasteiger partial charge on any atom is -0.495 e. The first-order valence-corrected chi connectivity index (χ1v) is 7.45. The van der Waals surface area contributed by atoms with Gasteiger partial charge < -0.3 is 15.8 Å². The Balaban J connectivity index is 0.00000288. The molecule has 24 heavy (non-hydrogen) atoms. The molecule has 1 atom stereocenters. The number of nitrogens with one attached hydrogen (secondary N) is 1. The number of nitrogen functional groups attached to an aromatic ring is 1. The Kier molecular flexibility index (Phi) is 7.52. The van der Waals surface area contributed by atoms with E-state index < -0.39 is 0 Å². The van der Waals surface area contributed by atoms with Crippen molar-refractivity contribution in [2.45, 2.75) is 19.8 Å². The fraction of sp³-hybridized carbons (Fsp3) is 0.278. The number of halogens is 2. The molecule has 0 aliphatic carbocycles. The third kappa shape index (κ3) is 5.74. The summed E-state index contributed by atoms with van der Waals surface area (Å²) >= 11 is 0. The van der Waals surface area contributed by atoms with Crippen molar-refractivity contribution in [2.75, 3.05) is 18.2 Å². The number of methoxy groups -OCH3 is 1. The normalized spacial score (nSPS) is 11.3. The number of hydrogen-bond donors (Lipinski definition) is 2. The zero-order chi connectivity index (χ0) is 16.8. The molecule has 0 saturated heterocycles. The molecular weight excluding hydrogens is 331 g/mol. The summed E-state index contributed by atoms with van der Waals surface area (Å²) in [5.74, 6) is 0.321. The second-order valence-electron chi connectivity index (χ2n) is 5.65. The average molecular weight is 353 g/mol. The fourth-order valence-corrected chi connectivity index (χ4v) is 2.48. The SMILES string of the molecule is COc1ccc(NC(=O)CC(C)Cc2cccc(F)c2)cc1N.Cl. The molecule has 0 aliphatic heterocycles. The first-order chi connectivity index (χ1) is 11.0. The highest BCUT2D eigenvalue weighted by atomic mass is 35.5. The highest BCUT2D eigenvalue weighted by molar-refractivity contribution is 5.91. The highest BCUT2D eigenvalue weighted by Gasteiger charge is 2.11. The van der Waals surface area contributed by atoms with E-state index in [1.54, 1.807) is 24.3 Å². The maximum absolute atomic E-state index is 13.2. The first kappa shape index (κ1) is 19.8. The molecule has 0 aromatic heterocycles. The summed E-state index contributed by atoms with van der Waals surface area (Å²) in [6.07, 6.45) is 0.998. The van der Waals surface area contributed by atoms with Crippen LogP contribution in [0.25, 0.3) is 0 Å². The van der Waals surface area contributed by atoms with Crippen molar-refractivity contribution in [1.82, 2.24) is 0 Å². The third-order valence-electron chi connectivity index (χ3n) is 3.52. The van der Waals surface area contributed by atoms with Crippen LogP contribution in [-0.4, -0.2) is 13.0 Å². The van der Waals surface area contributed by atoms with E-state index in [1.807, 2.05) is 13.0 Å². The van der Waals surface area contributed by atoms with Crippen LogP contribution < -0.4 is 15.8 Å². The predicted molar refractivity (Wildman–Crippen MR) is 97.2 cm³/mol. The number of anilines is 2. The van der Waals surface area contributed by atoms with Crippen LogP contribution in [0.2, 0.25) is 0 Å². The number of hydrogen-bond acceptors (Lipinski definition) is 3. The summed E-state index contributed by atoms with van der Waals surface area (Å²) < 4.78 is 18.2. The standard InChI is InChI=1S/C18H21FN2O2.ClH/c1-12(8-13-4-3-5-14(19)10-13)9-18(22)21-15-6-7-17(23-2)16(20)11-15;/h3-7,10-12H,8-9,20H2,1-2H3,(H,21,22);1H. The average Bonchev–Trinajstić information content (AvgIpc) is 2.47. The van der Waals surface area contributed by atoms with E-state index in [1.165, 1.54) is 19.2 Å². The lowest BCUT2D eigenvalue weighted by molar-refractivity contribution is -0.116. The van der Waals surface area contributed by atoms with Crippen LogP contribution >= 0.6 is 12.4 Å². The summed E-state index contributed by atoms with van der Waals surface area (Å²) in [5, 5.41) is 2.81. The number of carbonyl (C=O) groups is 1. The van der Waals surface area contributed by atoms with Crippen LogP contribution in [0.3, 0.4) is 0 Å². The molecule has 130 valence electrons. The maximum Gasteiger partial charge on any atom is 0.224 e. The van der Waals surface area contributed by atoms with Gasteiger partial charge in [0.15, 0.2) is 0 Å². The van der Waals surface area contributed by atoms with Gasteiger partial charge in [-0.25, -0.2) is 4.39 Å². The van der Waals surface area contributed by atoms with Gasteiger partial charge in [-0.15, -0.1) is 12.4 Å². The maximum atomic E-state index is 13.2. The molecule has 0 saturated carbocycles. The van der Waals surface area contributed by atoms with E-state index in [-0.39, 0.29) is 30.0 Å². The van der Waals surface area contributed by atoms with Crippen molar-refractivity contribution in [2.24, 2.45) is 5.92 Å². The van der Waals surface area contributed by atoms with E-state index in [4.69, 9.17) is 10.5 Å². The van der Waals surface area contributed by atoms with Gasteiger partial charge in [-0.1, -0.05) is 19.1 Å². The lowest BCUT2D eigenvalue weighted by atomic mass is 9.97. The molecule has 2 rings (SSSR count). The first-order valence-electron chi connectivity index (χ1n) is 7.45. The van der Waals surface area contributed by atoms with Gasteiger partial charge in [0.2, 0.25) is 5.91 Å². The molecule has 0 aliphatic rings. The van der Waals surface area contributed by atoms with Crippen LogP contribution in [0.5, 0.6) is 5.75 Å². The Bertz CT molecular complexity index is 694. The molecule has 2 aromatic carbocycles. The number of ether oxygens (including phenoxy) is 1. The van der Waals surface area contributed by atoms with E-state index in [2.05, 4.69) is 5.32 Å². The van der Waals surface area contributed by atoms with Crippen molar-refractivity contribution in [3.05, 3.63) is 53.8 Å². The Labute approximate surface area is 147 Å². The van der Waals surface area contributed by atoms with Crippen LogP contribution in [0, 0.1) is 11.7 Å². The van der Waals surface area contributed by atoms with Gasteiger partial charge in [-0.05, 0) is 48.2 Å². The van der Waals surface area contributed by atoms with Crippen LogP contribution in [-0.2, 0) is 11.2 Å². The van der Waals surface area contributed by atoms with Crippen LogP contribution in [0.15, 0.2) is 42.5 Å². The van der Waals surface area contributed by atoms with Crippen LogP contribution in [0.4, 0.5) is 15.8 Å². The van der Waals surface area contributed by atoms with Crippen molar-refractivity contribution < 1.29 is 13.9 Å². The Morgan fingerprint density at radius 3 is 2.67 bits per heavy atom. The monoisotopic (exact) mass is 352 g/mol. The number of benzene rings is 2. The van der Waals surface area contributed by atoms with Crippen molar-refractivity contribution in [1.29, 1.82) is 0 Å². The van der Waals surface area contributed by atoms with Gasteiger partial charge in [0.05, 0.1) is 12.8 Å². The molecule has 0 radical (unpaired) electrons. The predicted octanol–water partition coefficient (Wildman–Crippen LogP) is 4.05. The number of carbonyl (C=O) groups excluding carboxylic acids is 1. The van der Waals surface area contributed by atoms with Crippen LogP contribution in [0.1, 0.15) is 18.9 Å². The molecule has 3 N–H and O–H groups in total. The smallest absolute Gasteiger partial charge is 0.224 e. The molecule has 0 fully saturated rings. The van der Waals surface area contributed by atoms with Gasteiger partial charge in [0.25, 0.3) is 0 Å².